The lowest BCUT2D eigenvalue weighted by Gasteiger charge is -2.09. The molecular formula is C13H15ClN6O2. The van der Waals surface area contributed by atoms with E-state index in [2.05, 4.69) is 20.7 Å². The number of aliphatic imine (C=N–C) groups is 1. The van der Waals surface area contributed by atoms with E-state index in [1.54, 1.807) is 16.8 Å². The normalized spacial score (nSPS) is 13.0. The summed E-state index contributed by atoms with van der Waals surface area (Å²) in [7, 11) is 0. The Morgan fingerprint density at radius 2 is 2.23 bits per heavy atom. The maximum atomic E-state index is 10.9. The molecule has 0 spiro atoms. The van der Waals surface area contributed by atoms with E-state index in [0.29, 0.717) is 17.5 Å². The second kappa shape index (κ2) is 6.44. The molecule has 0 amide bonds. The van der Waals surface area contributed by atoms with E-state index >= 15 is 0 Å². The van der Waals surface area contributed by atoms with Gasteiger partial charge >= 0.3 is 0 Å². The van der Waals surface area contributed by atoms with Crippen molar-refractivity contribution in [3.05, 3.63) is 46.1 Å². The molecule has 0 saturated carbocycles. The molecule has 0 atom stereocenters. The molecule has 9 heteroatoms. The smallest absolute Gasteiger partial charge is 0.271 e. The third kappa shape index (κ3) is 3.17. The number of nitrogens with one attached hydrogen (secondary N) is 2. The number of nitrogens with zero attached hydrogens (tertiary/aromatic N) is 4. The molecule has 0 unspecified atom stereocenters. The number of hydrogen-bond acceptors (Lipinski definition) is 6. The van der Waals surface area contributed by atoms with Crippen LogP contribution in [0.3, 0.4) is 0 Å². The number of aryl methyl sites for hydroxylation is 1. The molecule has 116 valence electrons. The molecule has 8 nitrogen and oxygen atoms in total. The van der Waals surface area contributed by atoms with Crippen LogP contribution in [0.25, 0.3) is 5.69 Å². The summed E-state index contributed by atoms with van der Waals surface area (Å²) in [6, 6.07) is 8.21. The highest BCUT2D eigenvalue weighted by atomic mass is 35.5. The molecule has 0 aliphatic carbocycles. The van der Waals surface area contributed by atoms with Crippen molar-refractivity contribution in [3.8, 4) is 5.69 Å². The Balaban J connectivity index is 0.00000176. The Morgan fingerprint density at radius 3 is 2.91 bits per heavy atom. The summed E-state index contributed by atoms with van der Waals surface area (Å²) in [4.78, 5) is 14.7. The van der Waals surface area contributed by atoms with Gasteiger partial charge in [0.2, 0.25) is 0 Å². The quantitative estimate of drug-likeness (QED) is 0.664. The zero-order valence-corrected chi connectivity index (χ0v) is 12.6. The van der Waals surface area contributed by atoms with Gasteiger partial charge in [-0.1, -0.05) is 6.07 Å². The van der Waals surface area contributed by atoms with Gasteiger partial charge in [0.25, 0.3) is 5.69 Å². The summed E-state index contributed by atoms with van der Waals surface area (Å²) < 4.78 is 1.63. The molecule has 22 heavy (non-hydrogen) atoms. The van der Waals surface area contributed by atoms with Gasteiger partial charge in [-0.3, -0.25) is 15.1 Å². The summed E-state index contributed by atoms with van der Waals surface area (Å²) in [5.41, 5.74) is 1.46. The topological polar surface area (TPSA) is 97.4 Å². The number of non-ortho nitro benzene ring substituents is 1. The highest BCUT2D eigenvalue weighted by molar-refractivity contribution is 5.94. The van der Waals surface area contributed by atoms with Crippen LogP contribution >= 0.6 is 12.4 Å². The van der Waals surface area contributed by atoms with Crippen LogP contribution in [0, 0.1) is 17.0 Å². The maximum Gasteiger partial charge on any atom is 0.271 e. The van der Waals surface area contributed by atoms with E-state index in [9.17, 15) is 10.1 Å². The molecule has 0 radical (unpaired) electrons. The summed E-state index contributed by atoms with van der Waals surface area (Å²) in [6.45, 7) is 3.39. The number of anilines is 1. The van der Waals surface area contributed by atoms with Crippen molar-refractivity contribution in [2.24, 2.45) is 4.99 Å². The monoisotopic (exact) mass is 322 g/mol. The van der Waals surface area contributed by atoms with Gasteiger partial charge in [-0.2, -0.15) is 5.10 Å². The van der Waals surface area contributed by atoms with Crippen LogP contribution in [0.2, 0.25) is 0 Å². The molecule has 2 heterocycles. The van der Waals surface area contributed by atoms with Gasteiger partial charge in [0.15, 0.2) is 5.96 Å². The zero-order valence-electron chi connectivity index (χ0n) is 11.8. The summed E-state index contributed by atoms with van der Waals surface area (Å²) >= 11 is 0. The van der Waals surface area contributed by atoms with E-state index in [1.165, 1.54) is 12.1 Å². The fourth-order valence-corrected chi connectivity index (χ4v) is 2.13. The predicted octanol–water partition coefficient (Wildman–Crippen LogP) is 1.88. The van der Waals surface area contributed by atoms with Crippen molar-refractivity contribution in [1.82, 2.24) is 15.1 Å². The first kappa shape index (κ1) is 15.8. The highest BCUT2D eigenvalue weighted by Crippen LogP contribution is 2.21. The summed E-state index contributed by atoms with van der Waals surface area (Å²) in [5.74, 6) is 1.39. The van der Waals surface area contributed by atoms with E-state index in [4.69, 9.17) is 0 Å². The second-order valence-electron chi connectivity index (χ2n) is 4.64. The molecule has 2 aromatic rings. The molecule has 2 N–H and O–H groups in total. The van der Waals surface area contributed by atoms with Crippen molar-refractivity contribution >= 4 is 29.9 Å². The molecule has 1 aliphatic rings. The lowest BCUT2D eigenvalue weighted by atomic mass is 10.3. The number of hydrogen-bond donors (Lipinski definition) is 2. The highest BCUT2D eigenvalue weighted by Gasteiger charge is 2.14. The maximum absolute atomic E-state index is 10.9. The Morgan fingerprint density at radius 1 is 1.41 bits per heavy atom. The van der Waals surface area contributed by atoms with Crippen molar-refractivity contribution in [3.63, 3.8) is 0 Å². The van der Waals surface area contributed by atoms with Crippen LogP contribution in [0.15, 0.2) is 35.3 Å². The van der Waals surface area contributed by atoms with Crippen LogP contribution in [0.4, 0.5) is 11.5 Å². The predicted molar refractivity (Wildman–Crippen MR) is 86.1 cm³/mol. The molecule has 1 aromatic heterocycles. The number of guanidine groups is 1. The first-order valence-corrected chi connectivity index (χ1v) is 6.50. The van der Waals surface area contributed by atoms with E-state index < -0.39 is 4.92 Å². The van der Waals surface area contributed by atoms with Crippen LogP contribution in [-0.2, 0) is 0 Å². The van der Waals surface area contributed by atoms with Gasteiger partial charge in [-0.15, -0.1) is 12.4 Å². The fraction of sp³-hybridized carbons (Fsp3) is 0.231. The van der Waals surface area contributed by atoms with Gasteiger partial charge in [0.05, 0.1) is 22.8 Å². The number of halogens is 1. The van der Waals surface area contributed by atoms with E-state index in [-0.39, 0.29) is 18.1 Å². The average molecular weight is 323 g/mol. The molecule has 3 rings (SSSR count). The van der Waals surface area contributed by atoms with Crippen molar-refractivity contribution < 1.29 is 4.92 Å². The van der Waals surface area contributed by atoms with Gasteiger partial charge in [-0.05, 0) is 13.0 Å². The minimum Gasteiger partial charge on any atom is -0.354 e. The Kier molecular flexibility index (Phi) is 4.62. The van der Waals surface area contributed by atoms with E-state index in [0.717, 1.165) is 18.8 Å². The van der Waals surface area contributed by atoms with Crippen LogP contribution in [0.5, 0.6) is 0 Å². The van der Waals surface area contributed by atoms with Gasteiger partial charge in [-0.25, -0.2) is 4.68 Å². The number of benzene rings is 1. The van der Waals surface area contributed by atoms with Gasteiger partial charge in [0, 0.05) is 24.7 Å². The molecule has 1 aromatic carbocycles. The lowest BCUT2D eigenvalue weighted by Crippen LogP contribution is -2.27. The number of aromatic nitrogens is 2. The van der Waals surface area contributed by atoms with Crippen LogP contribution in [0.1, 0.15) is 5.69 Å². The van der Waals surface area contributed by atoms with Crippen molar-refractivity contribution in [2.45, 2.75) is 6.92 Å². The zero-order chi connectivity index (χ0) is 14.8. The molecule has 0 fully saturated rings. The average Bonchev–Trinajstić information content (AvgIpc) is 3.09. The number of rotatable bonds is 3. The first-order chi connectivity index (χ1) is 10.1. The fourth-order valence-electron chi connectivity index (χ4n) is 2.13. The first-order valence-electron chi connectivity index (χ1n) is 6.50. The second-order valence-corrected chi connectivity index (χ2v) is 4.64. The largest absolute Gasteiger partial charge is 0.354 e. The Labute approximate surface area is 132 Å². The standard InChI is InChI=1S/C13H14N6O2.ClH/c1-9-7-12(16-13-14-5-6-15-13)18(17-9)10-3-2-4-11(8-10)19(20)21;/h2-4,7-8H,5-6H2,1H3,(H2,14,15,16);1H. The Bertz CT molecular complexity index is 727. The van der Waals surface area contributed by atoms with Crippen LogP contribution in [-0.4, -0.2) is 33.8 Å². The molecule has 0 saturated heterocycles. The van der Waals surface area contributed by atoms with Crippen LogP contribution < -0.4 is 10.6 Å². The number of nitro benzene ring substituents is 1. The third-order valence-corrected chi connectivity index (χ3v) is 3.04. The van der Waals surface area contributed by atoms with Gasteiger partial charge in [0.1, 0.15) is 5.82 Å². The third-order valence-electron chi connectivity index (χ3n) is 3.04. The van der Waals surface area contributed by atoms with Crippen molar-refractivity contribution in [1.29, 1.82) is 0 Å². The number of nitro groups is 1. The van der Waals surface area contributed by atoms with Gasteiger partial charge < -0.3 is 10.6 Å². The SMILES string of the molecule is Cc1cc(NC2=NCCN2)n(-c2cccc([N+](=O)[O-])c2)n1.Cl. The minimum absolute atomic E-state index is 0. The molecule has 1 aliphatic heterocycles. The van der Waals surface area contributed by atoms with E-state index in [1.807, 2.05) is 13.0 Å². The molecule has 0 bridgehead atoms. The lowest BCUT2D eigenvalue weighted by molar-refractivity contribution is -0.384. The van der Waals surface area contributed by atoms with Crippen molar-refractivity contribution in [2.75, 3.05) is 18.4 Å². The molecular weight excluding hydrogens is 308 g/mol. The summed E-state index contributed by atoms with van der Waals surface area (Å²) in [5, 5.41) is 21.5. The summed E-state index contributed by atoms with van der Waals surface area (Å²) in [6.07, 6.45) is 0. The Hall–Kier alpha value is -2.61. The minimum atomic E-state index is -0.421.